The third-order valence-electron chi connectivity index (χ3n) is 8.13. The Morgan fingerprint density at radius 2 is 1.16 bits per heavy atom. The molecule has 51 heavy (non-hydrogen) atoms. The predicted octanol–water partition coefficient (Wildman–Crippen LogP) is 13.0. The van der Waals surface area contributed by atoms with Gasteiger partial charge in [0.1, 0.15) is 0 Å². The van der Waals surface area contributed by atoms with Crippen LogP contribution in [0.3, 0.4) is 0 Å². The van der Waals surface area contributed by atoms with Gasteiger partial charge in [0, 0.05) is 0 Å². The Labute approximate surface area is 316 Å². The maximum absolute atomic E-state index is 11.8. The van der Waals surface area contributed by atoms with E-state index in [0.29, 0.717) is 5.92 Å². The van der Waals surface area contributed by atoms with Crippen molar-refractivity contribution in [1.82, 2.24) is 0 Å². The third-order valence-corrected chi connectivity index (χ3v) is 8.13. The molecule has 0 heterocycles. The molecule has 0 spiro atoms. The van der Waals surface area contributed by atoms with E-state index in [1.54, 1.807) is 0 Å². The third kappa shape index (κ3) is 13.6. The molecule has 2 aliphatic carbocycles. The summed E-state index contributed by atoms with van der Waals surface area (Å²) in [5.41, 5.74) is 10.2. The van der Waals surface area contributed by atoms with Gasteiger partial charge >= 0.3 is 40.8 Å². The van der Waals surface area contributed by atoms with Crippen molar-refractivity contribution in [2.75, 3.05) is 0 Å². The van der Waals surface area contributed by atoms with Gasteiger partial charge in [-0.05, 0) is 17.4 Å². The summed E-state index contributed by atoms with van der Waals surface area (Å²) in [6, 6.07) is 29.1. The molecule has 0 nitrogen and oxygen atoms in total. The molecule has 1 atom stereocenters. The van der Waals surface area contributed by atoms with E-state index < -0.39 is 23.5 Å². The zero-order chi connectivity index (χ0) is 38.8. The Morgan fingerprint density at radius 3 is 1.49 bits per heavy atom. The van der Waals surface area contributed by atoms with Gasteiger partial charge in [0.05, 0.1) is 0 Å². The zero-order valence-electron chi connectivity index (χ0n) is 30.8. The van der Waals surface area contributed by atoms with Crippen LogP contribution in [-0.4, -0.2) is 4.21 Å². The molecule has 0 bridgehead atoms. The molecule has 0 aromatic heterocycles. The molecule has 0 N–H and O–H groups in total. The first kappa shape index (κ1) is 43.9. The molecule has 0 amide bonds. The molecule has 7 heteroatoms. The van der Waals surface area contributed by atoms with Crippen LogP contribution < -0.4 is 0 Å². The van der Waals surface area contributed by atoms with Crippen molar-refractivity contribution in [1.29, 1.82) is 0 Å². The second kappa shape index (κ2) is 18.4. The normalized spacial score (nSPS) is 14.7. The Bertz CT molecular complexity index is 1620. The number of allylic oxidation sites excluding steroid dienone is 4. The van der Waals surface area contributed by atoms with Crippen molar-refractivity contribution in [3.05, 3.63) is 154 Å². The van der Waals surface area contributed by atoms with Crippen LogP contribution in [-0.2, 0) is 53.8 Å². The topological polar surface area (TPSA) is 0 Å². The van der Waals surface area contributed by atoms with Gasteiger partial charge in [0.15, 0.2) is 0 Å². The summed E-state index contributed by atoms with van der Waals surface area (Å²) in [7, 11) is 0. The van der Waals surface area contributed by atoms with E-state index in [9.17, 15) is 26.3 Å². The molecule has 6 rings (SSSR count). The molecule has 4 aromatic carbocycles. The van der Waals surface area contributed by atoms with Crippen LogP contribution in [0.25, 0.3) is 11.1 Å². The van der Waals surface area contributed by atoms with Gasteiger partial charge in [0.2, 0.25) is 0 Å². The fraction of sp³-hybridized carbons (Fsp3) is 0.341. The molecule has 0 aliphatic heterocycles. The van der Waals surface area contributed by atoms with Gasteiger partial charge in [0.25, 0.3) is 0 Å². The van der Waals surface area contributed by atoms with Gasteiger partial charge in [-0.15, -0.1) is 12.5 Å². The van der Waals surface area contributed by atoms with E-state index in [1.165, 1.54) is 93.0 Å². The van der Waals surface area contributed by atoms with Crippen molar-refractivity contribution in [2.45, 2.75) is 91.9 Å². The first-order chi connectivity index (χ1) is 23.6. The van der Waals surface area contributed by atoms with Gasteiger partial charge in [-0.2, -0.15) is 122 Å². The van der Waals surface area contributed by atoms with E-state index in [1.807, 2.05) is 0 Å². The molecule has 0 saturated heterocycles. The fourth-order valence-electron chi connectivity index (χ4n) is 5.12. The first-order valence-electron chi connectivity index (χ1n) is 16.5. The number of fused-ring (bicyclic) bond motifs is 3. The molecule has 1 unspecified atom stereocenters. The summed E-state index contributed by atoms with van der Waals surface area (Å²) in [6.45, 7) is 20.0. The molecular weight excluding hydrogens is 734 g/mol. The van der Waals surface area contributed by atoms with E-state index >= 15 is 0 Å². The number of benzene rings is 4. The average Bonchev–Trinajstić information content (AvgIpc) is 3.58. The van der Waals surface area contributed by atoms with Crippen molar-refractivity contribution in [2.24, 2.45) is 5.92 Å². The Kier molecular flexibility index (Phi) is 15.9. The molecular formula is C44H46F6Zr-4. The van der Waals surface area contributed by atoms with Crippen LogP contribution in [0.1, 0.15) is 95.7 Å². The van der Waals surface area contributed by atoms with Crippen LogP contribution in [0, 0.1) is 30.2 Å². The number of halogens is 6. The number of rotatable bonds is 0. The van der Waals surface area contributed by atoms with Gasteiger partial charge < -0.3 is 0 Å². The summed E-state index contributed by atoms with van der Waals surface area (Å²) in [4.78, 5) is 0. The second-order valence-corrected chi connectivity index (χ2v) is 14.3. The van der Waals surface area contributed by atoms with E-state index in [0.717, 1.165) is 30.7 Å². The predicted molar refractivity (Wildman–Crippen MR) is 194 cm³/mol. The SMILES string of the molecule is CC(C)(C)c1c[c-]c2c(c1)-c1cc(C(C)(C)C)ccc1C2.CC1=[C-]C(C)C=C1C.FC(F)(F)c1c[c-]ccc1.FC(F)(F)c1c[c-]ccc1.[CH2]=[Zr]. The molecule has 272 valence electrons. The minimum absolute atomic E-state index is 0.177. The van der Waals surface area contributed by atoms with E-state index in [4.69, 9.17) is 0 Å². The van der Waals surface area contributed by atoms with Crippen LogP contribution in [0.2, 0.25) is 0 Å². The standard InChI is InChI=1S/C21H25.C8H11.2C7H4F3.CH2.Zr/c1-20(2,3)16-9-7-14-11-15-8-10-17(21(4,5)6)13-19(15)18(14)12-16;1-6-4-7(2)8(3)5-6;2*8-7(9,10)6-4-2-1-3-5-6;;/h7,9-10,12-13H,11H2,1-6H3;4,6H,1-3H3;2*1-2,4-5H;1H2;/q4*-1;;. The number of alkyl halides is 6. The van der Waals surface area contributed by atoms with Crippen LogP contribution >= 0.6 is 0 Å². The Morgan fingerprint density at radius 1 is 0.667 bits per heavy atom. The van der Waals surface area contributed by atoms with Gasteiger partial charge in [-0.1, -0.05) is 107 Å². The monoisotopic (exact) mass is 778 g/mol. The second-order valence-electron chi connectivity index (χ2n) is 14.3. The van der Waals surface area contributed by atoms with Gasteiger partial charge in [-0.3, -0.25) is 6.08 Å². The maximum atomic E-state index is 11.8. The molecule has 2 aliphatic rings. The van der Waals surface area contributed by atoms with Crippen LogP contribution in [0.5, 0.6) is 0 Å². The molecule has 4 aromatic rings. The van der Waals surface area contributed by atoms with E-state index in [2.05, 4.69) is 127 Å². The summed E-state index contributed by atoms with van der Waals surface area (Å²) in [6.07, 6.45) is -1.93. The fourth-order valence-corrected chi connectivity index (χ4v) is 5.12. The summed E-state index contributed by atoms with van der Waals surface area (Å²) < 4.78 is 73.9. The quantitative estimate of drug-likeness (QED) is 0.108. The Hall–Kier alpha value is -3.31. The van der Waals surface area contributed by atoms with Crippen LogP contribution in [0.4, 0.5) is 26.3 Å². The Balaban J connectivity index is 0.000000253. The number of hydrogen-bond donors (Lipinski definition) is 0. The summed E-state index contributed by atoms with van der Waals surface area (Å²) in [5.74, 6) is 0.551. The van der Waals surface area contributed by atoms with Crippen LogP contribution in [0.15, 0.2) is 96.1 Å². The minimum atomic E-state index is -4.24. The molecule has 0 saturated carbocycles. The van der Waals surface area contributed by atoms with Crippen molar-refractivity contribution >= 4 is 4.21 Å². The van der Waals surface area contributed by atoms with Crippen molar-refractivity contribution in [3.63, 3.8) is 0 Å². The van der Waals surface area contributed by atoms with E-state index in [-0.39, 0.29) is 10.8 Å². The molecule has 0 fully saturated rings. The average molecular weight is 780 g/mol. The molecule has 0 radical (unpaired) electrons. The van der Waals surface area contributed by atoms with Crippen molar-refractivity contribution < 1.29 is 50.6 Å². The summed E-state index contributed by atoms with van der Waals surface area (Å²) in [5, 5.41) is 0. The first-order valence-corrected chi connectivity index (χ1v) is 18.2. The zero-order valence-corrected chi connectivity index (χ0v) is 33.3. The van der Waals surface area contributed by atoms with Gasteiger partial charge in [-0.25, -0.2) is 11.1 Å². The summed E-state index contributed by atoms with van der Waals surface area (Å²) >= 11 is 1.30. The van der Waals surface area contributed by atoms with Crippen molar-refractivity contribution in [3.8, 4) is 11.1 Å². The number of hydrogen-bond acceptors (Lipinski definition) is 0.